The molecule has 1 N–H and O–H groups in total. The van der Waals surface area contributed by atoms with E-state index in [9.17, 15) is 13.0 Å². The van der Waals surface area contributed by atoms with Gasteiger partial charge in [-0.15, -0.1) is 0 Å². The van der Waals surface area contributed by atoms with Gasteiger partial charge in [-0.05, 0) is 53.0 Å². The Balaban J connectivity index is -0.000000601. The fourth-order valence-electron chi connectivity index (χ4n) is 4.41. The molecule has 0 saturated heterocycles. The zero-order valence-electron chi connectivity index (χ0n) is 26.9. The number of fused-ring (bicyclic) bond motifs is 1. The molecule has 0 radical (unpaired) electrons. The smallest absolute Gasteiger partial charge is 0.726 e. The van der Waals surface area contributed by atoms with E-state index in [1.165, 1.54) is 74.1 Å². The van der Waals surface area contributed by atoms with Gasteiger partial charge in [0.15, 0.2) is 0 Å². The maximum atomic E-state index is 10.1. The van der Waals surface area contributed by atoms with E-state index in [2.05, 4.69) is 75.2 Å². The van der Waals surface area contributed by atoms with Crippen molar-refractivity contribution in [3.8, 4) is 0 Å². The van der Waals surface area contributed by atoms with E-state index in [1.54, 1.807) is 5.56 Å². The van der Waals surface area contributed by atoms with Crippen molar-refractivity contribution in [2.45, 2.75) is 112 Å². The first-order valence-corrected chi connectivity index (χ1v) is 17.1. The molecule has 2 rings (SSSR count). The largest absolute Gasteiger partial charge is 1.00 e. The van der Waals surface area contributed by atoms with Crippen LogP contribution >= 0.6 is 0 Å². The maximum Gasteiger partial charge on any atom is 1.00 e. The standard InChI is InChI=1S/C18H24.C12H26O4S.2Na.H2O4S/c1-13(2)11-16-10-9-15-7-5-6-8-17(15)18(16)12-14(3)4;1-2-3-4-5-6-7-8-9-10-11-12-16-17(13,14)15;;;1-5(2,3)4/h5-10,13-14H,11-12H2,1-4H3;2-12H2,1H3,(H,13,14,15);;;(H2,1,2,3,4)/q;;2*+1;/p-2. The van der Waals surface area contributed by atoms with Crippen molar-refractivity contribution >= 4 is 31.6 Å². The van der Waals surface area contributed by atoms with Crippen LogP contribution in [0.25, 0.3) is 10.8 Å². The van der Waals surface area contributed by atoms with Gasteiger partial charge in [0, 0.05) is 0 Å². The third-order valence-corrected chi connectivity index (χ3v) is 6.56. The Hall–Kier alpha value is 0.440. The second-order valence-corrected chi connectivity index (χ2v) is 12.9. The normalized spacial score (nSPS) is 11.2. The molecule has 0 aliphatic heterocycles. The van der Waals surface area contributed by atoms with E-state index in [0.717, 1.165) is 18.8 Å². The summed E-state index contributed by atoms with van der Waals surface area (Å²) in [6, 6.07) is 13.4. The monoisotopic (exact) mass is 648 g/mol. The fourth-order valence-corrected chi connectivity index (χ4v) is 4.73. The van der Waals surface area contributed by atoms with Crippen LogP contribution in [0.3, 0.4) is 0 Å². The Morgan fingerprint density at radius 1 is 0.714 bits per heavy atom. The molecule has 2 aromatic carbocycles. The van der Waals surface area contributed by atoms with Gasteiger partial charge in [0.2, 0.25) is 20.8 Å². The van der Waals surface area contributed by atoms with Crippen molar-refractivity contribution < 1.29 is 93.8 Å². The van der Waals surface area contributed by atoms with Crippen molar-refractivity contribution in [2.24, 2.45) is 11.8 Å². The molecule has 0 aliphatic rings. The third-order valence-electron chi connectivity index (χ3n) is 6.10. The van der Waals surface area contributed by atoms with E-state index in [0.29, 0.717) is 12.3 Å². The van der Waals surface area contributed by atoms with Crippen LogP contribution in [0.2, 0.25) is 0 Å². The average molecular weight is 649 g/mol. The number of hydrogen-bond donors (Lipinski definition) is 1. The maximum absolute atomic E-state index is 10.1. The van der Waals surface area contributed by atoms with Gasteiger partial charge in [-0.1, -0.05) is 129 Å². The molecule has 0 atom stereocenters. The molecule has 232 valence electrons. The number of benzene rings is 2. The van der Waals surface area contributed by atoms with Crippen LogP contribution in [-0.4, -0.2) is 37.1 Å². The second-order valence-electron chi connectivity index (χ2n) is 11.0. The first kappa shape index (κ1) is 46.9. The molecule has 0 unspecified atom stereocenters. The van der Waals surface area contributed by atoms with Gasteiger partial charge in [-0.2, -0.15) is 0 Å². The summed E-state index contributed by atoms with van der Waals surface area (Å²) < 4.78 is 67.3. The van der Waals surface area contributed by atoms with Gasteiger partial charge >= 0.3 is 59.1 Å². The van der Waals surface area contributed by atoms with E-state index >= 15 is 0 Å². The second kappa shape index (κ2) is 26.6. The molecule has 0 aliphatic carbocycles. The average Bonchev–Trinajstić information content (AvgIpc) is 2.82. The van der Waals surface area contributed by atoms with Gasteiger partial charge in [0.25, 0.3) is 0 Å². The summed E-state index contributed by atoms with van der Waals surface area (Å²) in [5, 5.41) is 2.82. The Bertz CT molecular complexity index is 1150. The van der Waals surface area contributed by atoms with Gasteiger partial charge in [-0.25, -0.2) is 16.8 Å². The van der Waals surface area contributed by atoms with Crippen LogP contribution in [0.5, 0.6) is 0 Å². The minimum absolute atomic E-state index is 0. The van der Waals surface area contributed by atoms with Crippen molar-refractivity contribution in [3.05, 3.63) is 47.5 Å². The molecule has 0 amide bonds. The van der Waals surface area contributed by atoms with Gasteiger partial charge in [0.1, 0.15) is 0 Å². The summed E-state index contributed by atoms with van der Waals surface area (Å²) in [6.45, 7) is 11.5. The van der Waals surface area contributed by atoms with Crippen LogP contribution in [0, 0.1) is 11.8 Å². The van der Waals surface area contributed by atoms with Crippen LogP contribution in [0.15, 0.2) is 36.4 Å². The van der Waals surface area contributed by atoms with Crippen molar-refractivity contribution in [3.63, 3.8) is 0 Å². The first-order chi connectivity index (χ1) is 18.6. The minimum atomic E-state index is -4.92. The van der Waals surface area contributed by atoms with Crippen molar-refractivity contribution in [1.29, 1.82) is 0 Å². The topological polar surface area (TPSA) is 144 Å². The summed E-state index contributed by atoms with van der Waals surface area (Å²) in [7, 11) is -9.40. The summed E-state index contributed by atoms with van der Waals surface area (Å²) in [5.41, 5.74) is 3.11. The van der Waals surface area contributed by atoms with Gasteiger partial charge in [-0.3, -0.25) is 8.74 Å². The number of hydrogen-bond acceptors (Lipinski definition) is 7. The SMILES string of the molecule is CC(C)Cc1ccc2ccccc2c1CC(C)C.CCCCCCCCCCCCOS(=O)(=O)[O-].O=S(=O)([O-])O.[Na+].[Na+]. The Labute approximate surface area is 300 Å². The molecule has 42 heavy (non-hydrogen) atoms. The van der Waals surface area contributed by atoms with Gasteiger partial charge < -0.3 is 9.11 Å². The predicted octanol–water partition coefficient (Wildman–Crippen LogP) is 1.63. The van der Waals surface area contributed by atoms with Crippen molar-refractivity contribution in [2.75, 3.05) is 6.61 Å². The molecule has 8 nitrogen and oxygen atoms in total. The molecule has 0 saturated carbocycles. The summed E-state index contributed by atoms with van der Waals surface area (Å²) in [6.07, 6.45) is 14.1. The molecular formula is C30H50Na2O8S2. The van der Waals surface area contributed by atoms with E-state index in [4.69, 9.17) is 17.5 Å². The van der Waals surface area contributed by atoms with Crippen LogP contribution in [0.1, 0.15) is 110 Å². The molecule has 2 aromatic rings. The Morgan fingerprint density at radius 2 is 1.17 bits per heavy atom. The van der Waals surface area contributed by atoms with Crippen LogP contribution in [-0.2, 0) is 37.8 Å². The zero-order valence-corrected chi connectivity index (χ0v) is 32.6. The van der Waals surface area contributed by atoms with Gasteiger partial charge in [0.05, 0.1) is 6.61 Å². The molecule has 0 aromatic heterocycles. The molecule has 12 heteroatoms. The van der Waals surface area contributed by atoms with E-state index in [1.807, 2.05) is 0 Å². The predicted molar refractivity (Wildman–Crippen MR) is 161 cm³/mol. The molecule has 0 fully saturated rings. The summed E-state index contributed by atoms with van der Waals surface area (Å²) >= 11 is 0. The van der Waals surface area contributed by atoms with E-state index in [-0.39, 0.29) is 65.7 Å². The summed E-state index contributed by atoms with van der Waals surface area (Å²) in [4.78, 5) is 0. The Morgan fingerprint density at radius 3 is 1.62 bits per heavy atom. The first-order valence-electron chi connectivity index (χ1n) is 14.4. The molecule has 0 heterocycles. The molecule has 0 spiro atoms. The zero-order chi connectivity index (χ0) is 30.6. The quantitative estimate of drug-likeness (QED) is 0.125. The minimum Gasteiger partial charge on any atom is -0.726 e. The fraction of sp³-hybridized carbons (Fsp3) is 0.667. The van der Waals surface area contributed by atoms with Crippen LogP contribution in [0.4, 0.5) is 0 Å². The number of rotatable bonds is 16. The molecular weight excluding hydrogens is 598 g/mol. The Kier molecular flexibility index (Phi) is 29.7. The van der Waals surface area contributed by atoms with Crippen molar-refractivity contribution in [1.82, 2.24) is 0 Å². The summed E-state index contributed by atoms with van der Waals surface area (Å²) in [5.74, 6) is 1.43. The molecule has 0 bridgehead atoms. The van der Waals surface area contributed by atoms with E-state index < -0.39 is 20.8 Å². The van der Waals surface area contributed by atoms with Crippen LogP contribution < -0.4 is 59.1 Å². The number of unbranched alkanes of at least 4 members (excludes halogenated alkanes) is 9. The third kappa shape index (κ3) is 29.2.